The summed E-state index contributed by atoms with van der Waals surface area (Å²) in [5.41, 5.74) is 4.28. The zero-order valence-electron chi connectivity index (χ0n) is 18.7. The smallest absolute Gasteiger partial charge is 0.278 e. The molecule has 0 saturated carbocycles. The Hall–Kier alpha value is -3.45. The van der Waals surface area contributed by atoms with E-state index in [2.05, 4.69) is 17.3 Å². The highest BCUT2D eigenvalue weighted by atomic mass is 16.2. The van der Waals surface area contributed by atoms with Gasteiger partial charge in [0, 0.05) is 38.8 Å². The number of aryl methyl sites for hydroxylation is 1. The van der Waals surface area contributed by atoms with Crippen LogP contribution >= 0.6 is 0 Å². The number of carbonyl (C=O) groups excluding carboxylic acids is 3. The second kappa shape index (κ2) is 8.96. The van der Waals surface area contributed by atoms with E-state index in [9.17, 15) is 14.4 Å². The van der Waals surface area contributed by atoms with Gasteiger partial charge in [-0.25, -0.2) is 0 Å². The number of rotatable bonds is 5. The molecule has 0 aliphatic carbocycles. The zero-order chi connectivity index (χ0) is 22.8. The number of hydrogen-bond donors (Lipinski definition) is 1. The van der Waals surface area contributed by atoms with Crippen molar-refractivity contribution in [2.75, 3.05) is 38.5 Å². The lowest BCUT2D eigenvalue weighted by Crippen LogP contribution is -2.46. The average Bonchev–Trinajstić information content (AvgIpc) is 3.01. The molecule has 0 spiro atoms. The second-order valence-corrected chi connectivity index (χ2v) is 8.45. The molecule has 1 fully saturated rings. The number of nitrogens with one attached hydrogen (secondary N) is 1. The van der Waals surface area contributed by atoms with Gasteiger partial charge in [-0.2, -0.15) is 0 Å². The first-order valence-corrected chi connectivity index (χ1v) is 10.8. The Balaban J connectivity index is 1.69. The molecule has 166 valence electrons. The minimum Gasteiger partial charge on any atom is -0.364 e. The summed E-state index contributed by atoms with van der Waals surface area (Å²) in [7, 11) is 2.05. The minimum atomic E-state index is -0.281. The summed E-state index contributed by atoms with van der Waals surface area (Å²) in [5, 5.41) is 2.73. The summed E-state index contributed by atoms with van der Waals surface area (Å²) in [5.74, 6) is -0.690. The van der Waals surface area contributed by atoms with Gasteiger partial charge in [0.15, 0.2) is 0 Å². The Kier molecular flexibility index (Phi) is 6.10. The number of amides is 3. The molecule has 7 nitrogen and oxygen atoms in total. The number of piperazine rings is 1. The van der Waals surface area contributed by atoms with E-state index in [1.54, 1.807) is 24.3 Å². The second-order valence-electron chi connectivity index (χ2n) is 8.45. The maximum Gasteiger partial charge on any atom is 0.278 e. The monoisotopic (exact) mass is 432 g/mol. The Morgan fingerprint density at radius 3 is 2.12 bits per heavy atom. The Bertz CT molecular complexity index is 1070. The van der Waals surface area contributed by atoms with Crippen LogP contribution in [-0.2, 0) is 20.9 Å². The first-order valence-electron chi connectivity index (χ1n) is 10.8. The molecule has 0 atom stereocenters. The molecule has 32 heavy (non-hydrogen) atoms. The first-order chi connectivity index (χ1) is 15.3. The molecule has 0 unspecified atom stereocenters. The van der Waals surface area contributed by atoms with Crippen LogP contribution in [0.3, 0.4) is 0 Å². The van der Waals surface area contributed by atoms with E-state index < -0.39 is 0 Å². The Morgan fingerprint density at radius 2 is 1.53 bits per heavy atom. The molecule has 0 aromatic heterocycles. The molecule has 7 heteroatoms. The van der Waals surface area contributed by atoms with Crippen molar-refractivity contribution < 1.29 is 14.4 Å². The summed E-state index contributed by atoms with van der Waals surface area (Å²) in [4.78, 5) is 43.9. The molecular formula is C25H28N4O3. The van der Waals surface area contributed by atoms with Gasteiger partial charge in [-0.15, -0.1) is 0 Å². The average molecular weight is 433 g/mol. The molecule has 4 rings (SSSR count). The molecule has 3 amide bonds. The van der Waals surface area contributed by atoms with Crippen LogP contribution in [0.2, 0.25) is 0 Å². The van der Waals surface area contributed by atoms with Gasteiger partial charge in [-0.3, -0.25) is 19.3 Å². The van der Waals surface area contributed by atoms with Crippen molar-refractivity contribution in [1.29, 1.82) is 0 Å². The number of carbonyl (C=O) groups is 3. The van der Waals surface area contributed by atoms with Crippen molar-refractivity contribution in [3.8, 4) is 0 Å². The first kappa shape index (κ1) is 21.8. The fourth-order valence-electron chi connectivity index (χ4n) is 4.09. The standard InChI is InChI=1S/C25H28N4O3/c1-17-4-6-19(7-5-17)16-29-24(31)22(20-8-10-21(11-9-20)26-18(2)30)23(25(29)32)28-14-12-27(3)13-15-28/h4-11H,12-16H2,1-3H3,(H,26,30). The fraction of sp³-hybridized carbons (Fsp3) is 0.320. The van der Waals surface area contributed by atoms with E-state index in [-0.39, 0.29) is 24.3 Å². The van der Waals surface area contributed by atoms with Gasteiger partial charge in [-0.05, 0) is 37.2 Å². The third-order valence-corrected chi connectivity index (χ3v) is 5.92. The van der Waals surface area contributed by atoms with Crippen molar-refractivity contribution in [2.24, 2.45) is 0 Å². The van der Waals surface area contributed by atoms with Crippen LogP contribution in [-0.4, -0.2) is 65.6 Å². The van der Waals surface area contributed by atoms with Crippen LogP contribution in [0.4, 0.5) is 5.69 Å². The molecule has 2 aliphatic rings. The molecule has 1 saturated heterocycles. The predicted octanol–water partition coefficient (Wildman–Crippen LogP) is 2.48. The van der Waals surface area contributed by atoms with Gasteiger partial charge in [0.1, 0.15) is 5.70 Å². The van der Waals surface area contributed by atoms with Gasteiger partial charge >= 0.3 is 0 Å². The van der Waals surface area contributed by atoms with Gasteiger partial charge in [0.2, 0.25) is 5.91 Å². The van der Waals surface area contributed by atoms with E-state index in [0.717, 1.165) is 24.2 Å². The quantitative estimate of drug-likeness (QED) is 0.735. The van der Waals surface area contributed by atoms with Crippen molar-refractivity contribution in [3.63, 3.8) is 0 Å². The highest BCUT2D eigenvalue weighted by molar-refractivity contribution is 6.35. The SMILES string of the molecule is CC(=O)Nc1ccc(C2=C(N3CCN(C)CC3)C(=O)N(Cc3ccc(C)cc3)C2=O)cc1. The number of hydrogen-bond acceptors (Lipinski definition) is 5. The molecule has 1 N–H and O–H groups in total. The summed E-state index contributed by atoms with van der Waals surface area (Å²) in [6.07, 6.45) is 0. The molecule has 2 heterocycles. The Labute approximate surface area is 188 Å². The zero-order valence-corrected chi connectivity index (χ0v) is 18.7. The predicted molar refractivity (Wildman–Crippen MR) is 123 cm³/mol. The molecule has 2 aliphatic heterocycles. The number of imide groups is 1. The van der Waals surface area contributed by atoms with Gasteiger partial charge < -0.3 is 15.1 Å². The highest BCUT2D eigenvalue weighted by Crippen LogP contribution is 2.33. The summed E-state index contributed by atoms with van der Waals surface area (Å²) in [6, 6.07) is 15.0. The molecule has 0 radical (unpaired) electrons. The number of likely N-dealkylation sites (N-methyl/N-ethyl adjacent to an activating group) is 1. The third kappa shape index (κ3) is 4.43. The molecule has 0 bridgehead atoms. The number of nitrogens with zero attached hydrogens (tertiary/aromatic N) is 3. The maximum atomic E-state index is 13.5. The number of benzene rings is 2. The van der Waals surface area contributed by atoms with Crippen LogP contribution < -0.4 is 5.32 Å². The van der Waals surface area contributed by atoms with E-state index in [0.29, 0.717) is 35.6 Å². The van der Waals surface area contributed by atoms with Crippen LogP contribution in [0.5, 0.6) is 0 Å². The summed E-state index contributed by atoms with van der Waals surface area (Å²) >= 11 is 0. The molecular weight excluding hydrogens is 404 g/mol. The lowest BCUT2D eigenvalue weighted by atomic mass is 10.0. The molecule has 2 aromatic carbocycles. The van der Waals surface area contributed by atoms with Crippen molar-refractivity contribution in [3.05, 3.63) is 70.9 Å². The largest absolute Gasteiger partial charge is 0.364 e. The number of anilines is 1. The molecule has 2 aromatic rings. The lowest BCUT2D eigenvalue weighted by molar-refractivity contribution is -0.138. The summed E-state index contributed by atoms with van der Waals surface area (Å²) < 4.78 is 0. The Morgan fingerprint density at radius 1 is 0.906 bits per heavy atom. The van der Waals surface area contributed by atoms with E-state index in [1.165, 1.54) is 11.8 Å². The normalized spacial score (nSPS) is 17.3. The van der Waals surface area contributed by atoms with Gasteiger partial charge in [0.05, 0.1) is 12.1 Å². The third-order valence-electron chi connectivity index (χ3n) is 5.92. The van der Waals surface area contributed by atoms with Crippen molar-refractivity contribution in [2.45, 2.75) is 20.4 Å². The topological polar surface area (TPSA) is 73.0 Å². The van der Waals surface area contributed by atoms with Crippen LogP contribution in [0, 0.1) is 6.92 Å². The van der Waals surface area contributed by atoms with Gasteiger partial charge in [0.25, 0.3) is 11.8 Å². The van der Waals surface area contributed by atoms with Gasteiger partial charge in [-0.1, -0.05) is 42.0 Å². The fourth-order valence-corrected chi connectivity index (χ4v) is 4.09. The minimum absolute atomic E-state index is 0.161. The van der Waals surface area contributed by atoms with Crippen LogP contribution in [0.25, 0.3) is 5.57 Å². The van der Waals surface area contributed by atoms with Crippen molar-refractivity contribution >= 4 is 29.0 Å². The van der Waals surface area contributed by atoms with E-state index in [4.69, 9.17) is 0 Å². The van der Waals surface area contributed by atoms with Crippen molar-refractivity contribution in [1.82, 2.24) is 14.7 Å². The van der Waals surface area contributed by atoms with E-state index >= 15 is 0 Å². The summed E-state index contributed by atoms with van der Waals surface area (Å²) in [6.45, 7) is 6.74. The maximum absolute atomic E-state index is 13.5. The highest BCUT2D eigenvalue weighted by Gasteiger charge is 2.42. The lowest BCUT2D eigenvalue weighted by Gasteiger charge is -2.34. The van der Waals surface area contributed by atoms with Crippen LogP contribution in [0.15, 0.2) is 54.2 Å². The van der Waals surface area contributed by atoms with E-state index in [1.807, 2.05) is 36.1 Å². The van der Waals surface area contributed by atoms with Crippen LogP contribution in [0.1, 0.15) is 23.6 Å².